The zero-order valence-corrected chi connectivity index (χ0v) is 12.3. The van der Waals surface area contributed by atoms with Crippen molar-refractivity contribution in [1.29, 1.82) is 0 Å². The number of nitrogen functional groups attached to an aromatic ring is 1. The summed E-state index contributed by atoms with van der Waals surface area (Å²) in [7, 11) is 3.15. The van der Waals surface area contributed by atoms with Gasteiger partial charge < -0.3 is 15.2 Å². The number of hydrogen-bond donors (Lipinski definition) is 2. The number of methoxy groups -OCH3 is 2. The molecule has 8 heteroatoms. The summed E-state index contributed by atoms with van der Waals surface area (Å²) in [5.74, 6) is 1.74. The standard InChI is InChI=1S/C13H14ClN5O2/c1-20-9-4-3-8(5-10(9)21-2)7-16-19-13-17-11(14)6-12(15)18-13/h3-7H,1-2H3,(H3,15,17,18,19)/b16-7-. The van der Waals surface area contributed by atoms with Crippen LogP contribution in [-0.2, 0) is 0 Å². The molecule has 0 bridgehead atoms. The van der Waals surface area contributed by atoms with Gasteiger partial charge >= 0.3 is 0 Å². The quantitative estimate of drug-likeness (QED) is 0.499. The van der Waals surface area contributed by atoms with Gasteiger partial charge in [-0.25, -0.2) is 5.43 Å². The minimum atomic E-state index is 0.219. The number of nitrogens with two attached hydrogens (primary N) is 1. The Morgan fingerprint density at radius 3 is 2.62 bits per heavy atom. The lowest BCUT2D eigenvalue weighted by molar-refractivity contribution is 0.355. The summed E-state index contributed by atoms with van der Waals surface area (Å²) in [6, 6.07) is 6.86. The molecule has 0 atom stereocenters. The first-order valence-corrected chi connectivity index (χ1v) is 6.31. The van der Waals surface area contributed by atoms with Gasteiger partial charge in [0.2, 0.25) is 5.95 Å². The van der Waals surface area contributed by atoms with E-state index in [4.69, 9.17) is 26.8 Å². The lowest BCUT2D eigenvalue weighted by atomic mass is 10.2. The molecule has 1 aromatic carbocycles. The molecule has 0 aliphatic heterocycles. The molecule has 0 aliphatic carbocycles. The molecule has 0 aliphatic rings. The van der Waals surface area contributed by atoms with Crippen molar-refractivity contribution in [3.8, 4) is 11.5 Å². The summed E-state index contributed by atoms with van der Waals surface area (Å²) in [5.41, 5.74) is 9.02. The van der Waals surface area contributed by atoms with E-state index in [0.717, 1.165) is 5.56 Å². The third-order valence-electron chi connectivity index (χ3n) is 2.50. The van der Waals surface area contributed by atoms with Gasteiger partial charge in [0.25, 0.3) is 0 Å². The van der Waals surface area contributed by atoms with E-state index in [1.165, 1.54) is 6.07 Å². The Labute approximate surface area is 126 Å². The number of nitrogens with one attached hydrogen (secondary N) is 1. The molecular formula is C13H14ClN5O2. The predicted octanol–water partition coefficient (Wildman–Crippen LogP) is 2.18. The largest absolute Gasteiger partial charge is 0.493 e. The molecule has 1 aromatic heterocycles. The minimum absolute atomic E-state index is 0.219. The number of anilines is 2. The van der Waals surface area contributed by atoms with Crippen molar-refractivity contribution in [2.75, 3.05) is 25.4 Å². The van der Waals surface area contributed by atoms with Crippen molar-refractivity contribution >= 4 is 29.6 Å². The molecule has 0 radical (unpaired) electrons. The van der Waals surface area contributed by atoms with E-state index in [2.05, 4.69) is 20.5 Å². The number of nitrogens with zero attached hydrogens (tertiary/aromatic N) is 3. The Balaban J connectivity index is 2.10. The average molecular weight is 308 g/mol. The maximum Gasteiger partial charge on any atom is 0.246 e. The second-order valence-electron chi connectivity index (χ2n) is 3.92. The van der Waals surface area contributed by atoms with Crippen LogP contribution in [0.4, 0.5) is 11.8 Å². The monoisotopic (exact) mass is 307 g/mol. The van der Waals surface area contributed by atoms with Crippen LogP contribution in [0.25, 0.3) is 0 Å². The van der Waals surface area contributed by atoms with Crippen molar-refractivity contribution < 1.29 is 9.47 Å². The molecule has 0 spiro atoms. The van der Waals surface area contributed by atoms with Crippen molar-refractivity contribution in [2.45, 2.75) is 0 Å². The van der Waals surface area contributed by atoms with Gasteiger partial charge in [-0.3, -0.25) is 0 Å². The molecule has 110 valence electrons. The molecule has 3 N–H and O–H groups in total. The van der Waals surface area contributed by atoms with E-state index in [-0.39, 0.29) is 16.9 Å². The normalized spacial score (nSPS) is 10.6. The topological polar surface area (TPSA) is 94.7 Å². The van der Waals surface area contributed by atoms with Crippen molar-refractivity contribution in [3.63, 3.8) is 0 Å². The van der Waals surface area contributed by atoms with Crippen molar-refractivity contribution in [3.05, 3.63) is 35.0 Å². The molecule has 1 heterocycles. The number of rotatable bonds is 5. The average Bonchev–Trinajstić information content (AvgIpc) is 2.46. The van der Waals surface area contributed by atoms with Crippen molar-refractivity contribution in [1.82, 2.24) is 9.97 Å². The summed E-state index contributed by atoms with van der Waals surface area (Å²) in [6.45, 7) is 0. The lowest BCUT2D eigenvalue weighted by Crippen LogP contribution is -2.00. The summed E-state index contributed by atoms with van der Waals surface area (Å²) in [5, 5.41) is 4.26. The number of hydrazone groups is 1. The van der Waals surface area contributed by atoms with E-state index < -0.39 is 0 Å². The van der Waals surface area contributed by atoms with Crippen LogP contribution in [0.5, 0.6) is 11.5 Å². The second-order valence-corrected chi connectivity index (χ2v) is 4.31. The van der Waals surface area contributed by atoms with E-state index in [1.807, 2.05) is 6.07 Å². The fraction of sp³-hybridized carbons (Fsp3) is 0.154. The Bertz CT molecular complexity index is 643. The molecular weight excluding hydrogens is 294 g/mol. The summed E-state index contributed by atoms with van der Waals surface area (Å²) < 4.78 is 10.4. The van der Waals surface area contributed by atoms with Gasteiger partial charge in [0.1, 0.15) is 11.0 Å². The number of halogens is 1. The van der Waals surface area contributed by atoms with Gasteiger partial charge in [-0.15, -0.1) is 0 Å². The van der Waals surface area contributed by atoms with Gasteiger partial charge in [-0.2, -0.15) is 15.1 Å². The van der Waals surface area contributed by atoms with Crippen molar-refractivity contribution in [2.24, 2.45) is 5.10 Å². The van der Waals surface area contributed by atoms with Gasteiger partial charge in [0, 0.05) is 6.07 Å². The van der Waals surface area contributed by atoms with Crippen LogP contribution in [0.1, 0.15) is 5.56 Å². The summed E-state index contributed by atoms with van der Waals surface area (Å²) >= 11 is 5.77. The lowest BCUT2D eigenvalue weighted by Gasteiger charge is -2.07. The van der Waals surface area contributed by atoms with Crippen LogP contribution < -0.4 is 20.6 Å². The van der Waals surface area contributed by atoms with Crippen LogP contribution in [0.2, 0.25) is 5.15 Å². The number of ether oxygens (including phenoxy) is 2. The highest BCUT2D eigenvalue weighted by Crippen LogP contribution is 2.26. The Kier molecular flexibility index (Phi) is 4.78. The number of benzene rings is 1. The zero-order valence-electron chi connectivity index (χ0n) is 11.5. The molecule has 2 aromatic rings. The Morgan fingerprint density at radius 1 is 1.19 bits per heavy atom. The highest BCUT2D eigenvalue weighted by Gasteiger charge is 2.03. The van der Waals surface area contributed by atoms with E-state index >= 15 is 0 Å². The van der Waals surface area contributed by atoms with Crippen LogP contribution in [0.15, 0.2) is 29.4 Å². The Hall–Kier alpha value is -2.54. The first kappa shape index (κ1) is 14.9. The first-order valence-electron chi connectivity index (χ1n) is 5.93. The van der Waals surface area contributed by atoms with Crippen LogP contribution in [0.3, 0.4) is 0 Å². The second kappa shape index (κ2) is 6.76. The van der Waals surface area contributed by atoms with Crippen LogP contribution in [0, 0.1) is 0 Å². The highest BCUT2D eigenvalue weighted by atomic mass is 35.5. The smallest absolute Gasteiger partial charge is 0.246 e. The summed E-state index contributed by atoms with van der Waals surface area (Å²) in [6.07, 6.45) is 1.59. The van der Waals surface area contributed by atoms with E-state index in [1.54, 1.807) is 32.6 Å². The fourth-order valence-electron chi connectivity index (χ4n) is 1.58. The van der Waals surface area contributed by atoms with Crippen LogP contribution in [-0.4, -0.2) is 30.4 Å². The first-order chi connectivity index (χ1) is 10.1. The molecule has 21 heavy (non-hydrogen) atoms. The van der Waals surface area contributed by atoms with E-state index in [9.17, 15) is 0 Å². The number of hydrogen-bond acceptors (Lipinski definition) is 7. The molecule has 7 nitrogen and oxygen atoms in total. The highest BCUT2D eigenvalue weighted by molar-refractivity contribution is 6.29. The maximum absolute atomic E-state index is 5.77. The zero-order chi connectivity index (χ0) is 15.2. The predicted molar refractivity (Wildman–Crippen MR) is 82.2 cm³/mol. The third-order valence-corrected chi connectivity index (χ3v) is 2.69. The minimum Gasteiger partial charge on any atom is -0.493 e. The fourth-order valence-corrected chi connectivity index (χ4v) is 1.77. The third kappa shape index (κ3) is 3.96. The molecule has 0 saturated carbocycles. The molecule has 0 unspecified atom stereocenters. The van der Waals surface area contributed by atoms with Gasteiger partial charge in [-0.05, 0) is 23.8 Å². The Morgan fingerprint density at radius 2 is 1.95 bits per heavy atom. The number of aromatic nitrogens is 2. The molecule has 2 rings (SSSR count). The van der Waals surface area contributed by atoms with Gasteiger partial charge in [0.15, 0.2) is 11.5 Å². The molecule has 0 saturated heterocycles. The van der Waals surface area contributed by atoms with Gasteiger partial charge in [0.05, 0.1) is 20.4 Å². The van der Waals surface area contributed by atoms with Crippen LogP contribution >= 0.6 is 11.6 Å². The molecule has 0 amide bonds. The summed E-state index contributed by atoms with van der Waals surface area (Å²) in [4.78, 5) is 7.87. The maximum atomic E-state index is 5.77. The van der Waals surface area contributed by atoms with E-state index in [0.29, 0.717) is 11.5 Å². The SMILES string of the molecule is COc1ccc(/C=N\Nc2nc(N)cc(Cl)n2)cc1OC. The molecule has 0 fully saturated rings. The van der Waals surface area contributed by atoms with Gasteiger partial charge in [-0.1, -0.05) is 11.6 Å².